The van der Waals surface area contributed by atoms with Gasteiger partial charge in [0.15, 0.2) is 11.5 Å². The smallest absolute Gasteiger partial charge is 0.163 e. The number of hydrogen-bond donors (Lipinski definition) is 1. The molecule has 1 aromatic rings. The molecular formula is C14H18ClNO3. The number of fused-ring (bicyclic) bond motifs is 1. The summed E-state index contributed by atoms with van der Waals surface area (Å²) in [4.78, 5) is 0. The Kier molecular flexibility index (Phi) is 3.99. The number of nitrogens with one attached hydrogen (secondary N) is 1. The summed E-state index contributed by atoms with van der Waals surface area (Å²) in [5, 5.41) is 4.09. The maximum Gasteiger partial charge on any atom is 0.163 e. The Morgan fingerprint density at radius 1 is 1.05 bits per heavy atom. The highest BCUT2D eigenvalue weighted by Crippen LogP contribution is 2.38. The largest absolute Gasteiger partial charge is 0.486 e. The first-order valence-corrected chi connectivity index (χ1v) is 7.11. The van der Waals surface area contributed by atoms with Gasteiger partial charge in [-0.1, -0.05) is 11.6 Å². The predicted molar refractivity (Wildman–Crippen MR) is 74.5 cm³/mol. The molecule has 104 valence electrons. The molecule has 1 N–H and O–H groups in total. The van der Waals surface area contributed by atoms with Gasteiger partial charge in [-0.05, 0) is 18.8 Å². The van der Waals surface area contributed by atoms with Gasteiger partial charge < -0.3 is 19.5 Å². The van der Waals surface area contributed by atoms with Crippen molar-refractivity contribution in [2.45, 2.75) is 12.8 Å². The molecule has 2 aliphatic heterocycles. The van der Waals surface area contributed by atoms with Gasteiger partial charge in [0.25, 0.3) is 0 Å². The molecule has 4 nitrogen and oxygen atoms in total. The van der Waals surface area contributed by atoms with Crippen molar-refractivity contribution < 1.29 is 14.2 Å². The molecule has 1 saturated heterocycles. The third-order valence-corrected chi connectivity index (χ3v) is 3.87. The van der Waals surface area contributed by atoms with Gasteiger partial charge in [0, 0.05) is 31.9 Å². The molecule has 0 spiro atoms. The lowest BCUT2D eigenvalue weighted by Crippen LogP contribution is -2.23. The van der Waals surface area contributed by atoms with Crippen LogP contribution in [-0.4, -0.2) is 33.0 Å². The summed E-state index contributed by atoms with van der Waals surface area (Å²) in [6, 6.07) is 3.75. The van der Waals surface area contributed by atoms with Gasteiger partial charge in [-0.25, -0.2) is 0 Å². The van der Waals surface area contributed by atoms with Gasteiger partial charge in [-0.15, -0.1) is 0 Å². The van der Waals surface area contributed by atoms with Gasteiger partial charge in [0.1, 0.15) is 13.2 Å². The maximum atomic E-state index is 6.26. The first kappa shape index (κ1) is 12.9. The monoisotopic (exact) mass is 283 g/mol. The fourth-order valence-corrected chi connectivity index (χ4v) is 2.62. The summed E-state index contributed by atoms with van der Waals surface area (Å²) in [5.74, 6) is 2.15. The Bertz CT molecular complexity index is 447. The fourth-order valence-electron chi connectivity index (χ4n) is 2.40. The first-order chi connectivity index (χ1) is 9.33. The van der Waals surface area contributed by atoms with Gasteiger partial charge >= 0.3 is 0 Å². The third-order valence-electron chi connectivity index (χ3n) is 3.55. The van der Waals surface area contributed by atoms with E-state index in [1.165, 1.54) is 0 Å². The zero-order valence-corrected chi connectivity index (χ0v) is 11.5. The Hall–Kier alpha value is -1.13. The Balaban J connectivity index is 1.66. The Morgan fingerprint density at radius 3 is 2.47 bits per heavy atom. The van der Waals surface area contributed by atoms with Crippen LogP contribution in [0.3, 0.4) is 0 Å². The molecule has 3 rings (SSSR count). The van der Waals surface area contributed by atoms with Crippen molar-refractivity contribution in [1.29, 1.82) is 0 Å². The summed E-state index contributed by atoms with van der Waals surface area (Å²) >= 11 is 6.26. The summed E-state index contributed by atoms with van der Waals surface area (Å²) in [6.45, 7) is 3.82. The second-order valence-corrected chi connectivity index (χ2v) is 5.32. The summed E-state index contributed by atoms with van der Waals surface area (Å²) in [7, 11) is 0. The van der Waals surface area contributed by atoms with E-state index in [2.05, 4.69) is 5.32 Å². The van der Waals surface area contributed by atoms with Crippen LogP contribution in [0.1, 0.15) is 12.8 Å². The second-order valence-electron chi connectivity index (χ2n) is 4.91. The van der Waals surface area contributed by atoms with Gasteiger partial charge in [-0.2, -0.15) is 0 Å². The molecule has 5 heteroatoms. The van der Waals surface area contributed by atoms with Crippen molar-refractivity contribution in [1.82, 2.24) is 0 Å². The quantitative estimate of drug-likeness (QED) is 0.926. The zero-order chi connectivity index (χ0) is 13.1. The molecule has 0 bridgehead atoms. The van der Waals surface area contributed by atoms with E-state index < -0.39 is 0 Å². The molecule has 0 aromatic heterocycles. The molecule has 0 unspecified atom stereocenters. The number of rotatable bonds is 3. The minimum atomic E-state index is 0.582. The van der Waals surface area contributed by atoms with Crippen LogP contribution in [0.25, 0.3) is 0 Å². The van der Waals surface area contributed by atoms with Crippen LogP contribution < -0.4 is 14.8 Å². The van der Waals surface area contributed by atoms with E-state index in [0.717, 1.165) is 49.8 Å². The maximum absolute atomic E-state index is 6.26. The van der Waals surface area contributed by atoms with Gasteiger partial charge in [-0.3, -0.25) is 0 Å². The van der Waals surface area contributed by atoms with E-state index in [4.69, 9.17) is 25.8 Å². The highest BCUT2D eigenvalue weighted by molar-refractivity contribution is 6.33. The normalized spacial score (nSPS) is 19.2. The minimum Gasteiger partial charge on any atom is -0.486 e. The molecule has 1 fully saturated rings. The highest BCUT2D eigenvalue weighted by Gasteiger charge is 2.17. The Morgan fingerprint density at radius 2 is 1.74 bits per heavy atom. The molecule has 0 atom stereocenters. The molecule has 2 heterocycles. The van der Waals surface area contributed by atoms with Crippen molar-refractivity contribution in [3.63, 3.8) is 0 Å². The van der Waals surface area contributed by atoms with Crippen molar-refractivity contribution >= 4 is 17.3 Å². The van der Waals surface area contributed by atoms with E-state index in [9.17, 15) is 0 Å². The van der Waals surface area contributed by atoms with E-state index >= 15 is 0 Å². The zero-order valence-electron chi connectivity index (χ0n) is 10.8. The molecule has 1 aromatic carbocycles. The van der Waals surface area contributed by atoms with Gasteiger partial charge in [0.05, 0.1) is 10.7 Å². The lowest BCUT2D eigenvalue weighted by molar-refractivity contribution is 0.0699. The number of benzene rings is 1. The summed E-state index contributed by atoms with van der Waals surface area (Å²) in [5.41, 5.74) is 0.914. The SMILES string of the molecule is Clc1cc2c(cc1NCC1CCOCC1)OCCO2. The van der Waals surface area contributed by atoms with Crippen molar-refractivity contribution in [2.75, 3.05) is 38.3 Å². The van der Waals surface area contributed by atoms with Crippen LogP contribution in [0.4, 0.5) is 5.69 Å². The molecule has 0 saturated carbocycles. The topological polar surface area (TPSA) is 39.7 Å². The average molecular weight is 284 g/mol. The minimum absolute atomic E-state index is 0.582. The van der Waals surface area contributed by atoms with Crippen LogP contribution in [0.15, 0.2) is 12.1 Å². The van der Waals surface area contributed by atoms with E-state index in [0.29, 0.717) is 24.2 Å². The lowest BCUT2D eigenvalue weighted by Gasteiger charge is -2.24. The third kappa shape index (κ3) is 3.07. The number of hydrogen-bond acceptors (Lipinski definition) is 4. The van der Waals surface area contributed by atoms with Crippen LogP contribution in [0.2, 0.25) is 5.02 Å². The standard InChI is InChI=1S/C14H18ClNO3/c15-11-7-13-14(19-6-5-18-13)8-12(11)16-9-10-1-3-17-4-2-10/h7-8,10,16H,1-6,9H2. The van der Waals surface area contributed by atoms with E-state index in [-0.39, 0.29) is 0 Å². The van der Waals surface area contributed by atoms with E-state index in [1.54, 1.807) is 0 Å². The molecule has 2 aliphatic rings. The van der Waals surface area contributed by atoms with Crippen molar-refractivity contribution in [2.24, 2.45) is 5.92 Å². The molecule has 0 aliphatic carbocycles. The predicted octanol–water partition coefficient (Wildman–Crippen LogP) is 2.95. The van der Waals surface area contributed by atoms with Gasteiger partial charge in [0.2, 0.25) is 0 Å². The molecule has 0 radical (unpaired) electrons. The number of halogens is 1. The number of anilines is 1. The van der Waals surface area contributed by atoms with Crippen LogP contribution in [0, 0.1) is 5.92 Å². The van der Waals surface area contributed by atoms with Crippen molar-refractivity contribution in [3.8, 4) is 11.5 Å². The summed E-state index contributed by atoms with van der Waals surface area (Å²) < 4.78 is 16.4. The summed E-state index contributed by atoms with van der Waals surface area (Å²) in [6.07, 6.45) is 2.21. The van der Waals surface area contributed by atoms with Crippen LogP contribution >= 0.6 is 11.6 Å². The lowest BCUT2D eigenvalue weighted by atomic mass is 10.0. The van der Waals surface area contributed by atoms with Crippen LogP contribution in [0.5, 0.6) is 11.5 Å². The van der Waals surface area contributed by atoms with Crippen molar-refractivity contribution in [3.05, 3.63) is 17.2 Å². The average Bonchev–Trinajstić information content (AvgIpc) is 2.46. The number of ether oxygens (including phenoxy) is 3. The second kappa shape index (κ2) is 5.88. The van der Waals surface area contributed by atoms with E-state index in [1.807, 2.05) is 12.1 Å². The first-order valence-electron chi connectivity index (χ1n) is 6.73. The molecule has 19 heavy (non-hydrogen) atoms. The Labute approximate surface area is 118 Å². The molecular weight excluding hydrogens is 266 g/mol. The molecule has 0 amide bonds. The fraction of sp³-hybridized carbons (Fsp3) is 0.571. The highest BCUT2D eigenvalue weighted by atomic mass is 35.5. The van der Waals surface area contributed by atoms with Crippen LogP contribution in [-0.2, 0) is 4.74 Å².